The molecule has 0 spiro atoms. The van der Waals surface area contributed by atoms with Crippen LogP contribution >= 0.6 is 35.4 Å². The van der Waals surface area contributed by atoms with Crippen LogP contribution < -0.4 is 15.0 Å². The standard InChI is InChI=1S/C19H18Cl2N2O2S/c1-12(25-17-9-8-14(20)11-15(17)21)18(24)22-19(26)23-10-4-6-13-5-2-3-7-16(13)23/h2-3,5,7-9,11-12H,4,6,10H2,1H3,(H,22,24,26). The molecule has 7 heteroatoms. The van der Waals surface area contributed by atoms with Crippen molar-refractivity contribution < 1.29 is 9.53 Å². The van der Waals surface area contributed by atoms with Gasteiger partial charge in [-0.2, -0.15) is 0 Å². The molecule has 26 heavy (non-hydrogen) atoms. The molecule has 0 saturated heterocycles. The number of aryl methyl sites for hydroxylation is 1. The maximum Gasteiger partial charge on any atom is 0.266 e. The zero-order valence-electron chi connectivity index (χ0n) is 14.2. The Kier molecular flexibility index (Phi) is 6.01. The number of para-hydroxylation sites is 1. The maximum atomic E-state index is 12.5. The van der Waals surface area contributed by atoms with Gasteiger partial charge in [-0.1, -0.05) is 41.4 Å². The molecule has 0 radical (unpaired) electrons. The first-order valence-corrected chi connectivity index (χ1v) is 9.44. The number of benzene rings is 2. The van der Waals surface area contributed by atoms with Crippen molar-refractivity contribution in [1.29, 1.82) is 0 Å². The molecule has 136 valence electrons. The van der Waals surface area contributed by atoms with E-state index in [1.54, 1.807) is 25.1 Å². The third-order valence-corrected chi connectivity index (χ3v) is 5.01. The summed E-state index contributed by atoms with van der Waals surface area (Å²) >= 11 is 17.4. The van der Waals surface area contributed by atoms with Crippen LogP contribution in [0.1, 0.15) is 18.9 Å². The van der Waals surface area contributed by atoms with Crippen LogP contribution in [0, 0.1) is 0 Å². The molecule has 1 unspecified atom stereocenters. The number of amides is 1. The molecule has 1 N–H and O–H groups in total. The van der Waals surface area contributed by atoms with E-state index in [0.29, 0.717) is 20.9 Å². The molecule has 1 heterocycles. The fourth-order valence-corrected chi connectivity index (χ4v) is 3.58. The van der Waals surface area contributed by atoms with E-state index in [1.165, 1.54) is 5.56 Å². The number of nitrogens with one attached hydrogen (secondary N) is 1. The molecule has 4 nitrogen and oxygen atoms in total. The smallest absolute Gasteiger partial charge is 0.266 e. The normalized spacial score (nSPS) is 14.3. The van der Waals surface area contributed by atoms with Gasteiger partial charge in [0.25, 0.3) is 5.91 Å². The van der Waals surface area contributed by atoms with Crippen molar-refractivity contribution in [3.63, 3.8) is 0 Å². The summed E-state index contributed by atoms with van der Waals surface area (Å²) in [7, 11) is 0. The second-order valence-corrected chi connectivity index (χ2v) is 7.24. The summed E-state index contributed by atoms with van der Waals surface area (Å²) in [4.78, 5) is 14.4. The highest BCUT2D eigenvalue weighted by Gasteiger charge is 2.23. The molecule has 0 aliphatic carbocycles. The zero-order valence-corrected chi connectivity index (χ0v) is 16.5. The van der Waals surface area contributed by atoms with Crippen molar-refractivity contribution in [3.8, 4) is 5.75 Å². The summed E-state index contributed by atoms with van der Waals surface area (Å²) in [6.07, 6.45) is 1.24. The Bertz CT molecular complexity index is 844. The Labute approximate surface area is 168 Å². The Hall–Kier alpha value is -1.82. The number of ether oxygens (including phenoxy) is 1. The summed E-state index contributed by atoms with van der Waals surface area (Å²) < 4.78 is 5.64. The highest BCUT2D eigenvalue weighted by atomic mass is 35.5. The monoisotopic (exact) mass is 408 g/mol. The summed E-state index contributed by atoms with van der Waals surface area (Å²) in [5.74, 6) is 0.0667. The lowest BCUT2D eigenvalue weighted by Crippen LogP contribution is -2.48. The molecule has 1 amide bonds. The second kappa shape index (κ2) is 8.25. The first kappa shape index (κ1) is 19.0. The largest absolute Gasteiger partial charge is 0.479 e. The third kappa shape index (κ3) is 4.29. The molecule has 2 aromatic carbocycles. The Morgan fingerprint density at radius 1 is 1.27 bits per heavy atom. The molecule has 0 fully saturated rings. The number of hydrogen-bond donors (Lipinski definition) is 1. The summed E-state index contributed by atoms with van der Waals surface area (Å²) in [6.45, 7) is 2.42. The maximum absolute atomic E-state index is 12.5. The van der Waals surface area contributed by atoms with Gasteiger partial charge in [0.2, 0.25) is 0 Å². The quantitative estimate of drug-likeness (QED) is 0.752. The number of fused-ring (bicyclic) bond motifs is 1. The van der Waals surface area contributed by atoms with Gasteiger partial charge in [-0.15, -0.1) is 0 Å². The van der Waals surface area contributed by atoms with Gasteiger partial charge >= 0.3 is 0 Å². The van der Waals surface area contributed by atoms with Crippen LogP contribution in [0.2, 0.25) is 10.0 Å². The number of halogens is 2. The molecule has 2 aromatic rings. The van der Waals surface area contributed by atoms with E-state index >= 15 is 0 Å². The number of rotatable bonds is 3. The average molecular weight is 409 g/mol. The first-order chi connectivity index (χ1) is 12.5. The molecule has 1 aliphatic rings. The number of carbonyl (C=O) groups excluding carboxylic acids is 1. The predicted molar refractivity (Wildman–Crippen MR) is 109 cm³/mol. The molecule has 1 atom stereocenters. The van der Waals surface area contributed by atoms with Crippen LogP contribution in [0.5, 0.6) is 5.75 Å². The molecular formula is C19H18Cl2N2O2S. The van der Waals surface area contributed by atoms with Crippen LogP contribution in [0.4, 0.5) is 5.69 Å². The van der Waals surface area contributed by atoms with Crippen molar-refractivity contribution in [2.24, 2.45) is 0 Å². The molecule has 0 bridgehead atoms. The Morgan fingerprint density at radius 3 is 2.81 bits per heavy atom. The fourth-order valence-electron chi connectivity index (χ4n) is 2.83. The summed E-state index contributed by atoms with van der Waals surface area (Å²) in [5, 5.41) is 4.00. The number of hydrogen-bond acceptors (Lipinski definition) is 3. The van der Waals surface area contributed by atoms with Gasteiger partial charge in [0.1, 0.15) is 5.75 Å². The number of carbonyl (C=O) groups is 1. The molecule has 0 saturated carbocycles. The highest BCUT2D eigenvalue weighted by molar-refractivity contribution is 7.80. The Balaban J connectivity index is 1.65. The van der Waals surface area contributed by atoms with Crippen molar-refractivity contribution in [2.45, 2.75) is 25.9 Å². The lowest BCUT2D eigenvalue weighted by molar-refractivity contribution is -0.125. The minimum atomic E-state index is -0.758. The SMILES string of the molecule is CC(Oc1ccc(Cl)cc1Cl)C(=O)NC(=S)N1CCCc2ccccc21. The number of nitrogens with zero attached hydrogens (tertiary/aromatic N) is 1. The number of thiocarbonyl (C=S) groups is 1. The van der Waals surface area contributed by atoms with E-state index in [4.69, 9.17) is 40.2 Å². The number of anilines is 1. The van der Waals surface area contributed by atoms with Crippen molar-refractivity contribution in [1.82, 2.24) is 5.32 Å². The lowest BCUT2D eigenvalue weighted by atomic mass is 10.0. The zero-order chi connectivity index (χ0) is 18.7. The second-order valence-electron chi connectivity index (χ2n) is 6.01. The minimum absolute atomic E-state index is 0.330. The van der Waals surface area contributed by atoms with E-state index < -0.39 is 6.10 Å². The van der Waals surface area contributed by atoms with E-state index in [1.807, 2.05) is 23.1 Å². The fraction of sp³-hybridized carbons (Fsp3) is 0.263. The van der Waals surface area contributed by atoms with E-state index in [2.05, 4.69) is 11.4 Å². The molecular weight excluding hydrogens is 391 g/mol. The van der Waals surface area contributed by atoms with Crippen LogP contribution in [0.25, 0.3) is 0 Å². The topological polar surface area (TPSA) is 41.6 Å². The van der Waals surface area contributed by atoms with E-state index in [-0.39, 0.29) is 5.91 Å². The molecule has 3 rings (SSSR count). The van der Waals surface area contributed by atoms with Gasteiger partial charge in [-0.25, -0.2) is 0 Å². The van der Waals surface area contributed by atoms with Gasteiger partial charge in [-0.3, -0.25) is 10.1 Å². The highest BCUT2D eigenvalue weighted by Crippen LogP contribution is 2.29. The third-order valence-electron chi connectivity index (χ3n) is 4.15. The van der Waals surface area contributed by atoms with Crippen LogP contribution in [-0.4, -0.2) is 23.7 Å². The van der Waals surface area contributed by atoms with Crippen LogP contribution in [0.15, 0.2) is 42.5 Å². The van der Waals surface area contributed by atoms with Crippen LogP contribution in [0.3, 0.4) is 0 Å². The van der Waals surface area contributed by atoms with Gasteiger partial charge in [0.15, 0.2) is 11.2 Å². The van der Waals surface area contributed by atoms with Gasteiger partial charge < -0.3 is 9.64 Å². The molecule has 0 aromatic heterocycles. The van der Waals surface area contributed by atoms with E-state index in [0.717, 1.165) is 25.1 Å². The minimum Gasteiger partial charge on any atom is -0.479 e. The van der Waals surface area contributed by atoms with Crippen molar-refractivity contribution >= 4 is 52.1 Å². The van der Waals surface area contributed by atoms with Gasteiger partial charge in [0.05, 0.1) is 5.02 Å². The van der Waals surface area contributed by atoms with E-state index in [9.17, 15) is 4.79 Å². The van der Waals surface area contributed by atoms with Crippen molar-refractivity contribution in [3.05, 3.63) is 58.1 Å². The Morgan fingerprint density at radius 2 is 2.04 bits per heavy atom. The lowest BCUT2D eigenvalue weighted by Gasteiger charge is -2.31. The molecule has 1 aliphatic heterocycles. The average Bonchev–Trinajstić information content (AvgIpc) is 2.63. The van der Waals surface area contributed by atoms with Crippen molar-refractivity contribution in [2.75, 3.05) is 11.4 Å². The van der Waals surface area contributed by atoms with Gasteiger partial charge in [-0.05, 0) is 61.8 Å². The van der Waals surface area contributed by atoms with Crippen LogP contribution in [-0.2, 0) is 11.2 Å². The predicted octanol–water partition coefficient (Wildman–Crippen LogP) is 4.61. The summed E-state index contributed by atoms with van der Waals surface area (Å²) in [5.41, 5.74) is 2.27. The summed E-state index contributed by atoms with van der Waals surface area (Å²) in [6, 6.07) is 12.9. The first-order valence-electron chi connectivity index (χ1n) is 8.27. The van der Waals surface area contributed by atoms with Gasteiger partial charge in [0, 0.05) is 17.3 Å².